The number of nitrogens with one attached hydrogen (secondary N) is 1. The van der Waals surface area contributed by atoms with E-state index >= 15 is 0 Å². The van der Waals surface area contributed by atoms with Gasteiger partial charge in [-0.2, -0.15) is 0 Å². The Hall–Kier alpha value is -1.64. The molecule has 11 heteroatoms. The molecular formula is C20H18Cl4N4O2S. The topological polar surface area (TPSA) is 69.0 Å². The summed E-state index contributed by atoms with van der Waals surface area (Å²) in [5.74, 6) is 0.993. The van der Waals surface area contributed by atoms with Gasteiger partial charge in [-0.3, -0.25) is 4.79 Å². The molecule has 0 radical (unpaired) electrons. The Bertz CT molecular complexity index is 1070. The Balaban J connectivity index is 1.66. The maximum atomic E-state index is 12.3. The summed E-state index contributed by atoms with van der Waals surface area (Å²) in [5.41, 5.74) is 0.529. The SMILES string of the molecule is CCn1c(SCC(=O)Nc2cc(Cl)cc(Cl)c2)nnc1C(C)Oc1cc(Cl)ccc1Cl. The molecule has 1 unspecified atom stereocenters. The quantitative estimate of drug-likeness (QED) is 0.332. The third-order valence-electron chi connectivity index (χ3n) is 4.10. The molecule has 0 bridgehead atoms. The molecule has 3 aromatic rings. The number of ether oxygens (including phenoxy) is 1. The van der Waals surface area contributed by atoms with Crippen LogP contribution >= 0.6 is 58.2 Å². The lowest BCUT2D eigenvalue weighted by Gasteiger charge is -2.16. The molecule has 1 N–H and O–H groups in total. The predicted molar refractivity (Wildman–Crippen MR) is 127 cm³/mol. The maximum absolute atomic E-state index is 12.3. The molecule has 164 valence electrons. The monoisotopic (exact) mass is 518 g/mol. The van der Waals surface area contributed by atoms with E-state index in [4.69, 9.17) is 51.1 Å². The second-order valence-corrected chi connectivity index (χ2v) is 9.07. The van der Waals surface area contributed by atoms with E-state index in [1.807, 2.05) is 18.4 Å². The van der Waals surface area contributed by atoms with Crippen molar-refractivity contribution < 1.29 is 9.53 Å². The van der Waals surface area contributed by atoms with Gasteiger partial charge in [-0.25, -0.2) is 0 Å². The van der Waals surface area contributed by atoms with Gasteiger partial charge in [0.05, 0.1) is 10.8 Å². The number of amides is 1. The van der Waals surface area contributed by atoms with Crippen molar-refractivity contribution in [3.63, 3.8) is 0 Å². The summed E-state index contributed by atoms with van der Waals surface area (Å²) in [7, 11) is 0. The zero-order chi connectivity index (χ0) is 22.5. The minimum Gasteiger partial charge on any atom is -0.481 e. The van der Waals surface area contributed by atoms with Gasteiger partial charge in [-0.1, -0.05) is 58.2 Å². The largest absolute Gasteiger partial charge is 0.481 e. The smallest absolute Gasteiger partial charge is 0.234 e. The Kier molecular flexibility index (Phi) is 8.36. The number of anilines is 1. The van der Waals surface area contributed by atoms with Crippen LogP contribution in [0, 0.1) is 0 Å². The van der Waals surface area contributed by atoms with Gasteiger partial charge in [0.2, 0.25) is 5.91 Å². The van der Waals surface area contributed by atoms with E-state index in [0.29, 0.717) is 49.1 Å². The standard InChI is InChI=1S/C20H18Cl4N4O2S/c1-3-28-19(11(2)30-17-9-12(21)4-5-16(17)24)26-27-20(28)31-10-18(29)25-15-7-13(22)6-14(23)8-15/h4-9,11H,3,10H2,1-2H3,(H,25,29). The normalized spacial score (nSPS) is 11.9. The number of rotatable bonds is 8. The first-order valence-electron chi connectivity index (χ1n) is 9.20. The number of hydrogen-bond donors (Lipinski definition) is 1. The number of nitrogens with zero attached hydrogens (tertiary/aromatic N) is 3. The Morgan fingerprint density at radius 3 is 2.48 bits per heavy atom. The molecule has 6 nitrogen and oxygen atoms in total. The molecule has 2 aromatic carbocycles. The van der Waals surface area contributed by atoms with E-state index < -0.39 is 6.10 Å². The van der Waals surface area contributed by atoms with Crippen molar-refractivity contribution >= 4 is 69.8 Å². The first-order valence-corrected chi connectivity index (χ1v) is 11.7. The highest BCUT2D eigenvalue weighted by Crippen LogP contribution is 2.32. The van der Waals surface area contributed by atoms with Crippen molar-refractivity contribution in [3.05, 3.63) is 62.3 Å². The van der Waals surface area contributed by atoms with Gasteiger partial charge in [-0.15, -0.1) is 10.2 Å². The van der Waals surface area contributed by atoms with E-state index in [0.717, 1.165) is 0 Å². The van der Waals surface area contributed by atoms with Crippen molar-refractivity contribution in [1.82, 2.24) is 14.8 Å². The van der Waals surface area contributed by atoms with E-state index in [1.165, 1.54) is 11.8 Å². The minimum atomic E-state index is -0.430. The molecule has 3 rings (SSSR count). The molecule has 1 atom stereocenters. The van der Waals surface area contributed by atoms with Gasteiger partial charge >= 0.3 is 0 Å². The lowest BCUT2D eigenvalue weighted by Crippen LogP contribution is -2.15. The van der Waals surface area contributed by atoms with Crippen LogP contribution < -0.4 is 10.1 Å². The molecule has 0 aliphatic carbocycles. The average molecular weight is 520 g/mol. The van der Waals surface area contributed by atoms with Crippen LogP contribution in [0.15, 0.2) is 41.6 Å². The molecule has 0 aliphatic heterocycles. The minimum absolute atomic E-state index is 0.137. The zero-order valence-corrected chi connectivity index (χ0v) is 20.4. The zero-order valence-electron chi connectivity index (χ0n) is 16.5. The third kappa shape index (κ3) is 6.43. The number of aromatic nitrogens is 3. The van der Waals surface area contributed by atoms with Crippen LogP contribution in [0.25, 0.3) is 0 Å². The van der Waals surface area contributed by atoms with Crippen LogP contribution in [0.4, 0.5) is 5.69 Å². The highest BCUT2D eigenvalue weighted by molar-refractivity contribution is 7.99. The number of thioether (sulfide) groups is 1. The van der Waals surface area contributed by atoms with Crippen LogP contribution in [0.1, 0.15) is 25.8 Å². The highest BCUT2D eigenvalue weighted by Gasteiger charge is 2.20. The predicted octanol–water partition coefficient (Wildman–Crippen LogP) is 6.78. The summed E-state index contributed by atoms with van der Waals surface area (Å²) in [6, 6.07) is 9.86. The van der Waals surface area contributed by atoms with Gasteiger partial charge in [0.1, 0.15) is 5.75 Å². The van der Waals surface area contributed by atoms with Crippen molar-refractivity contribution in [2.24, 2.45) is 0 Å². The summed E-state index contributed by atoms with van der Waals surface area (Å²) in [4.78, 5) is 12.3. The second-order valence-electron chi connectivity index (χ2n) is 6.41. The van der Waals surface area contributed by atoms with E-state index in [9.17, 15) is 4.79 Å². The fourth-order valence-corrected chi connectivity index (χ4v) is 4.43. The number of carbonyl (C=O) groups excluding carboxylic acids is 1. The fourth-order valence-electron chi connectivity index (χ4n) is 2.77. The summed E-state index contributed by atoms with van der Waals surface area (Å²) in [5, 5.41) is 13.7. The van der Waals surface area contributed by atoms with E-state index in [-0.39, 0.29) is 11.7 Å². The molecule has 0 fully saturated rings. The fraction of sp³-hybridized carbons (Fsp3) is 0.250. The Morgan fingerprint density at radius 1 is 1.10 bits per heavy atom. The van der Waals surface area contributed by atoms with Gasteiger partial charge < -0.3 is 14.6 Å². The molecular weight excluding hydrogens is 502 g/mol. The van der Waals surface area contributed by atoms with Crippen molar-refractivity contribution in [2.75, 3.05) is 11.1 Å². The maximum Gasteiger partial charge on any atom is 0.234 e. The lowest BCUT2D eigenvalue weighted by molar-refractivity contribution is -0.113. The Labute approximate surface area is 204 Å². The highest BCUT2D eigenvalue weighted by atomic mass is 35.5. The van der Waals surface area contributed by atoms with Gasteiger partial charge in [0.25, 0.3) is 0 Å². The molecule has 1 aromatic heterocycles. The first-order chi connectivity index (χ1) is 14.8. The second kappa shape index (κ2) is 10.8. The van der Waals surface area contributed by atoms with E-state index in [1.54, 1.807) is 36.4 Å². The molecule has 0 saturated heterocycles. The van der Waals surface area contributed by atoms with Gasteiger partial charge in [0, 0.05) is 33.4 Å². The number of halogens is 4. The molecule has 1 amide bonds. The third-order valence-corrected chi connectivity index (χ3v) is 6.05. The van der Waals surface area contributed by atoms with Crippen LogP contribution in [0.5, 0.6) is 5.75 Å². The first kappa shape index (κ1) is 24.0. The number of benzene rings is 2. The van der Waals surface area contributed by atoms with Crippen LogP contribution in [0.2, 0.25) is 20.1 Å². The molecule has 0 spiro atoms. The summed E-state index contributed by atoms with van der Waals surface area (Å²) < 4.78 is 7.83. The van der Waals surface area contributed by atoms with Gasteiger partial charge in [0.15, 0.2) is 17.1 Å². The molecule has 0 saturated carbocycles. The van der Waals surface area contributed by atoms with Crippen LogP contribution in [0.3, 0.4) is 0 Å². The molecule has 0 aliphatic rings. The molecule has 31 heavy (non-hydrogen) atoms. The van der Waals surface area contributed by atoms with Crippen molar-refractivity contribution in [2.45, 2.75) is 31.7 Å². The van der Waals surface area contributed by atoms with Crippen LogP contribution in [-0.4, -0.2) is 26.4 Å². The van der Waals surface area contributed by atoms with Gasteiger partial charge in [-0.05, 0) is 44.2 Å². The average Bonchev–Trinajstić information content (AvgIpc) is 3.11. The number of carbonyl (C=O) groups is 1. The summed E-state index contributed by atoms with van der Waals surface area (Å²) >= 11 is 25.4. The summed E-state index contributed by atoms with van der Waals surface area (Å²) in [6.07, 6.45) is -0.430. The van der Waals surface area contributed by atoms with Crippen molar-refractivity contribution in [1.29, 1.82) is 0 Å². The summed E-state index contributed by atoms with van der Waals surface area (Å²) in [6.45, 7) is 4.41. The van der Waals surface area contributed by atoms with Crippen molar-refractivity contribution in [3.8, 4) is 5.75 Å². The molecule has 1 heterocycles. The lowest BCUT2D eigenvalue weighted by atomic mass is 10.3. The van der Waals surface area contributed by atoms with Crippen LogP contribution in [-0.2, 0) is 11.3 Å². The van der Waals surface area contributed by atoms with E-state index in [2.05, 4.69) is 15.5 Å². The Morgan fingerprint density at radius 2 is 1.81 bits per heavy atom. The number of hydrogen-bond acceptors (Lipinski definition) is 5.